The molecule has 0 heterocycles. The molecule has 2 rings (SSSR count). The van der Waals surface area contributed by atoms with Crippen LogP contribution in [-0.4, -0.2) is 25.7 Å². The molecule has 2 aromatic carbocycles. The highest BCUT2D eigenvalue weighted by Gasteiger charge is 2.15. The number of hydrogen-bond acceptors (Lipinski definition) is 3. The molecule has 2 aromatic rings. The second-order valence-corrected chi connectivity index (χ2v) is 6.45. The molecule has 0 unspecified atom stereocenters. The molecule has 0 spiro atoms. The Balaban J connectivity index is 2.21. The zero-order chi connectivity index (χ0) is 17.4. The van der Waals surface area contributed by atoms with Gasteiger partial charge in [0.15, 0.2) is 11.5 Å². The molecule has 0 fully saturated rings. The molecule has 0 saturated carbocycles. The minimum atomic E-state index is 0.0796. The van der Waals surface area contributed by atoms with Crippen LogP contribution < -0.4 is 14.2 Å². The van der Waals surface area contributed by atoms with E-state index in [0.29, 0.717) is 12.4 Å². The Morgan fingerprint density at radius 2 is 1.67 bits per heavy atom. The lowest BCUT2D eigenvalue weighted by Gasteiger charge is -2.18. The van der Waals surface area contributed by atoms with E-state index in [1.165, 1.54) is 0 Å². The van der Waals surface area contributed by atoms with Crippen LogP contribution >= 0.6 is 11.6 Å². The quantitative estimate of drug-likeness (QED) is 0.399. The molecule has 0 radical (unpaired) electrons. The highest BCUT2D eigenvalue weighted by Crippen LogP contribution is 2.42. The van der Waals surface area contributed by atoms with Crippen molar-refractivity contribution in [3.05, 3.63) is 30.3 Å². The summed E-state index contributed by atoms with van der Waals surface area (Å²) in [4.78, 5) is 0. The van der Waals surface area contributed by atoms with Gasteiger partial charge in [0.05, 0.1) is 19.8 Å². The van der Waals surface area contributed by atoms with Crippen LogP contribution in [0.3, 0.4) is 0 Å². The highest BCUT2D eigenvalue weighted by atomic mass is 35.5. The standard InChI is InChI=1S/C20H27ClO3/c1-15(2)24-20-17-11-7-6-10-16(17)18(14-19(20)22-3)23-13-9-5-4-8-12-21/h6-7,10-11,14-15H,4-5,8-9,12-13H2,1-3H3. The zero-order valence-electron chi connectivity index (χ0n) is 14.8. The summed E-state index contributed by atoms with van der Waals surface area (Å²) >= 11 is 5.70. The summed E-state index contributed by atoms with van der Waals surface area (Å²) < 4.78 is 17.5. The van der Waals surface area contributed by atoms with E-state index in [1.807, 2.05) is 38.1 Å². The van der Waals surface area contributed by atoms with Crippen molar-refractivity contribution >= 4 is 22.4 Å². The number of halogens is 1. The predicted octanol–water partition coefficient (Wildman–Crippen LogP) is 5.81. The smallest absolute Gasteiger partial charge is 0.169 e. The van der Waals surface area contributed by atoms with Gasteiger partial charge < -0.3 is 14.2 Å². The molecule has 3 nitrogen and oxygen atoms in total. The first-order chi connectivity index (χ1) is 11.7. The lowest BCUT2D eigenvalue weighted by Crippen LogP contribution is -2.08. The van der Waals surface area contributed by atoms with Gasteiger partial charge >= 0.3 is 0 Å². The second-order valence-electron chi connectivity index (χ2n) is 6.07. The monoisotopic (exact) mass is 350 g/mol. The van der Waals surface area contributed by atoms with E-state index in [9.17, 15) is 0 Å². The van der Waals surface area contributed by atoms with Gasteiger partial charge in [-0.3, -0.25) is 0 Å². The van der Waals surface area contributed by atoms with Gasteiger partial charge in [0.25, 0.3) is 0 Å². The average Bonchev–Trinajstić information content (AvgIpc) is 2.59. The lowest BCUT2D eigenvalue weighted by molar-refractivity contribution is 0.232. The third-order valence-electron chi connectivity index (χ3n) is 3.78. The number of fused-ring (bicyclic) bond motifs is 1. The van der Waals surface area contributed by atoms with E-state index in [4.69, 9.17) is 25.8 Å². The van der Waals surface area contributed by atoms with Crippen LogP contribution in [0.4, 0.5) is 0 Å². The fourth-order valence-corrected chi connectivity index (χ4v) is 2.84. The van der Waals surface area contributed by atoms with Crippen molar-refractivity contribution in [3.8, 4) is 17.2 Å². The molecular formula is C20H27ClO3. The lowest BCUT2D eigenvalue weighted by atomic mass is 10.1. The van der Waals surface area contributed by atoms with Crippen molar-refractivity contribution in [3.63, 3.8) is 0 Å². The maximum absolute atomic E-state index is 6.03. The van der Waals surface area contributed by atoms with Gasteiger partial charge in [-0.2, -0.15) is 0 Å². The molecular weight excluding hydrogens is 324 g/mol. The summed E-state index contributed by atoms with van der Waals surface area (Å²) in [6, 6.07) is 10.1. The molecule has 0 atom stereocenters. The second kappa shape index (κ2) is 9.63. The molecule has 0 aliphatic rings. The molecule has 0 aromatic heterocycles. The molecule has 0 amide bonds. The Morgan fingerprint density at radius 1 is 0.958 bits per heavy atom. The van der Waals surface area contributed by atoms with Crippen molar-refractivity contribution in [2.75, 3.05) is 19.6 Å². The summed E-state index contributed by atoms with van der Waals surface area (Å²) in [5.41, 5.74) is 0. The Kier molecular flexibility index (Phi) is 7.51. The summed E-state index contributed by atoms with van der Waals surface area (Å²) in [6.07, 6.45) is 4.46. The Hall–Kier alpha value is -1.61. The topological polar surface area (TPSA) is 27.7 Å². The van der Waals surface area contributed by atoms with Gasteiger partial charge in [-0.25, -0.2) is 0 Å². The van der Waals surface area contributed by atoms with Gasteiger partial charge in [0, 0.05) is 22.7 Å². The summed E-state index contributed by atoms with van der Waals surface area (Å²) in [5.74, 6) is 3.06. The summed E-state index contributed by atoms with van der Waals surface area (Å²) in [5, 5.41) is 2.07. The molecule has 132 valence electrons. The van der Waals surface area contributed by atoms with E-state index < -0.39 is 0 Å². The van der Waals surface area contributed by atoms with E-state index in [2.05, 4.69) is 6.07 Å². The van der Waals surface area contributed by atoms with Crippen LogP contribution in [0.5, 0.6) is 17.2 Å². The normalized spacial score (nSPS) is 11.0. The van der Waals surface area contributed by atoms with Crippen molar-refractivity contribution in [1.82, 2.24) is 0 Å². The molecule has 24 heavy (non-hydrogen) atoms. The number of rotatable bonds is 10. The number of alkyl halides is 1. The van der Waals surface area contributed by atoms with Crippen LogP contribution in [0, 0.1) is 0 Å². The number of ether oxygens (including phenoxy) is 3. The largest absolute Gasteiger partial charge is 0.493 e. The maximum atomic E-state index is 6.03. The van der Waals surface area contributed by atoms with Crippen LogP contribution in [0.1, 0.15) is 39.5 Å². The van der Waals surface area contributed by atoms with Crippen molar-refractivity contribution in [2.24, 2.45) is 0 Å². The molecule has 0 aliphatic heterocycles. The van der Waals surface area contributed by atoms with Crippen molar-refractivity contribution < 1.29 is 14.2 Å². The number of benzene rings is 2. The van der Waals surface area contributed by atoms with Crippen LogP contribution in [-0.2, 0) is 0 Å². The fourth-order valence-electron chi connectivity index (χ4n) is 2.65. The summed E-state index contributed by atoms with van der Waals surface area (Å²) in [6.45, 7) is 4.72. The highest BCUT2D eigenvalue weighted by molar-refractivity contribution is 6.17. The third kappa shape index (κ3) is 4.94. The van der Waals surface area contributed by atoms with Crippen molar-refractivity contribution in [1.29, 1.82) is 0 Å². The SMILES string of the molecule is COc1cc(OCCCCCCCl)c2ccccc2c1OC(C)C. The van der Waals surface area contributed by atoms with Crippen LogP contribution in [0.25, 0.3) is 10.8 Å². The van der Waals surface area contributed by atoms with Crippen molar-refractivity contribution in [2.45, 2.75) is 45.6 Å². The van der Waals surface area contributed by atoms with Crippen LogP contribution in [0.15, 0.2) is 30.3 Å². The van der Waals surface area contributed by atoms with E-state index >= 15 is 0 Å². The number of unbranched alkanes of at least 4 members (excludes halogenated alkanes) is 3. The van der Waals surface area contributed by atoms with Gasteiger partial charge in [-0.05, 0) is 26.7 Å². The fraction of sp³-hybridized carbons (Fsp3) is 0.500. The molecule has 0 N–H and O–H groups in total. The number of hydrogen-bond donors (Lipinski definition) is 0. The molecule has 4 heteroatoms. The van der Waals surface area contributed by atoms with Gasteiger partial charge in [0.2, 0.25) is 0 Å². The Labute approximate surface area is 149 Å². The first-order valence-corrected chi connectivity index (χ1v) is 9.16. The zero-order valence-corrected chi connectivity index (χ0v) is 15.6. The van der Waals surface area contributed by atoms with E-state index in [1.54, 1.807) is 7.11 Å². The Morgan fingerprint density at radius 3 is 2.33 bits per heavy atom. The third-order valence-corrected chi connectivity index (χ3v) is 4.05. The van der Waals surface area contributed by atoms with Gasteiger partial charge in [-0.15, -0.1) is 11.6 Å². The number of methoxy groups -OCH3 is 1. The van der Waals surface area contributed by atoms with E-state index in [-0.39, 0.29) is 6.10 Å². The maximum Gasteiger partial charge on any atom is 0.169 e. The first kappa shape index (κ1) is 18.7. The Bertz CT molecular complexity index is 640. The average molecular weight is 351 g/mol. The predicted molar refractivity (Wildman–Crippen MR) is 101 cm³/mol. The minimum absolute atomic E-state index is 0.0796. The minimum Gasteiger partial charge on any atom is -0.493 e. The van der Waals surface area contributed by atoms with Crippen LogP contribution in [0.2, 0.25) is 0 Å². The van der Waals surface area contributed by atoms with Gasteiger partial charge in [0.1, 0.15) is 5.75 Å². The van der Waals surface area contributed by atoms with E-state index in [0.717, 1.165) is 53.8 Å². The molecule has 0 saturated heterocycles. The van der Waals surface area contributed by atoms with Gasteiger partial charge in [-0.1, -0.05) is 37.1 Å². The molecule has 0 aliphatic carbocycles. The first-order valence-electron chi connectivity index (χ1n) is 8.62. The molecule has 0 bridgehead atoms. The summed E-state index contributed by atoms with van der Waals surface area (Å²) in [7, 11) is 1.66.